The van der Waals surface area contributed by atoms with E-state index >= 15 is 0 Å². The van der Waals surface area contributed by atoms with E-state index < -0.39 is 0 Å². The number of aromatic nitrogens is 2. The van der Waals surface area contributed by atoms with Crippen LogP contribution >= 0.6 is 0 Å². The molecule has 1 aliphatic carbocycles. The molecule has 0 spiro atoms. The Morgan fingerprint density at radius 3 is 2.52 bits per heavy atom. The standard InChI is InChI=1S/C17H21N3O/c1-10-5-8-14(11(2)9-10)21-17-12(3)15(18-4)19-16(20-17)13-6-7-13/h5,8-9,13H,6-7H2,1-4H3,(H,18,19,20). The highest BCUT2D eigenvalue weighted by molar-refractivity contribution is 5.50. The molecule has 1 aliphatic rings. The molecule has 1 fully saturated rings. The van der Waals surface area contributed by atoms with Gasteiger partial charge in [-0.3, -0.25) is 0 Å². The van der Waals surface area contributed by atoms with Crippen molar-refractivity contribution >= 4 is 5.82 Å². The maximum Gasteiger partial charge on any atom is 0.227 e. The van der Waals surface area contributed by atoms with Crippen LogP contribution in [0.5, 0.6) is 11.6 Å². The smallest absolute Gasteiger partial charge is 0.227 e. The SMILES string of the molecule is CNc1nc(C2CC2)nc(Oc2ccc(C)cc2C)c1C. The maximum atomic E-state index is 6.06. The lowest BCUT2D eigenvalue weighted by Gasteiger charge is -2.14. The Morgan fingerprint density at radius 1 is 1.14 bits per heavy atom. The van der Waals surface area contributed by atoms with Gasteiger partial charge >= 0.3 is 0 Å². The van der Waals surface area contributed by atoms with Crippen LogP contribution in [0.25, 0.3) is 0 Å². The molecule has 21 heavy (non-hydrogen) atoms. The number of hydrogen-bond donors (Lipinski definition) is 1. The predicted molar refractivity (Wildman–Crippen MR) is 84.3 cm³/mol. The first kappa shape index (κ1) is 13.9. The number of ether oxygens (including phenoxy) is 1. The summed E-state index contributed by atoms with van der Waals surface area (Å²) < 4.78 is 6.06. The van der Waals surface area contributed by atoms with E-state index in [0.29, 0.717) is 11.8 Å². The van der Waals surface area contributed by atoms with Crippen LogP contribution in [-0.4, -0.2) is 17.0 Å². The van der Waals surface area contributed by atoms with Gasteiger partial charge in [-0.25, -0.2) is 4.98 Å². The summed E-state index contributed by atoms with van der Waals surface area (Å²) in [4.78, 5) is 9.22. The first-order valence-corrected chi connectivity index (χ1v) is 7.40. The van der Waals surface area contributed by atoms with Crippen LogP contribution in [0.15, 0.2) is 18.2 Å². The van der Waals surface area contributed by atoms with Gasteiger partial charge in [0.1, 0.15) is 17.4 Å². The van der Waals surface area contributed by atoms with Gasteiger partial charge in [-0.05, 0) is 45.2 Å². The first-order chi connectivity index (χ1) is 10.1. The molecule has 0 saturated heterocycles. The minimum atomic E-state index is 0.499. The molecular weight excluding hydrogens is 262 g/mol. The summed E-state index contributed by atoms with van der Waals surface area (Å²) in [5, 5.41) is 3.14. The van der Waals surface area contributed by atoms with E-state index in [1.165, 1.54) is 18.4 Å². The van der Waals surface area contributed by atoms with E-state index in [4.69, 9.17) is 4.74 Å². The van der Waals surface area contributed by atoms with Crippen LogP contribution in [0.3, 0.4) is 0 Å². The van der Waals surface area contributed by atoms with Crippen molar-refractivity contribution in [1.29, 1.82) is 0 Å². The summed E-state index contributed by atoms with van der Waals surface area (Å²) in [5.41, 5.74) is 3.29. The van der Waals surface area contributed by atoms with E-state index in [1.807, 2.05) is 20.0 Å². The molecule has 1 heterocycles. The molecule has 0 unspecified atom stereocenters. The fraction of sp³-hybridized carbons (Fsp3) is 0.412. The Labute approximate surface area is 125 Å². The zero-order valence-electron chi connectivity index (χ0n) is 13.0. The summed E-state index contributed by atoms with van der Waals surface area (Å²) in [6.45, 7) is 6.12. The second kappa shape index (κ2) is 5.35. The molecule has 1 aromatic heterocycles. The lowest BCUT2D eigenvalue weighted by molar-refractivity contribution is 0.451. The topological polar surface area (TPSA) is 47.0 Å². The van der Waals surface area contributed by atoms with Crippen LogP contribution in [0.4, 0.5) is 5.82 Å². The number of anilines is 1. The molecule has 4 heteroatoms. The number of nitrogens with zero attached hydrogens (tertiary/aromatic N) is 2. The van der Waals surface area contributed by atoms with Crippen LogP contribution in [0.2, 0.25) is 0 Å². The van der Waals surface area contributed by atoms with Crippen molar-refractivity contribution in [3.63, 3.8) is 0 Å². The number of aryl methyl sites for hydroxylation is 2. The number of rotatable bonds is 4. The minimum Gasteiger partial charge on any atom is -0.438 e. The van der Waals surface area contributed by atoms with E-state index in [0.717, 1.165) is 28.5 Å². The van der Waals surface area contributed by atoms with E-state index in [1.54, 1.807) is 0 Å². The first-order valence-electron chi connectivity index (χ1n) is 7.40. The summed E-state index contributed by atoms with van der Waals surface area (Å²) in [7, 11) is 1.88. The fourth-order valence-corrected chi connectivity index (χ4v) is 2.40. The van der Waals surface area contributed by atoms with Gasteiger partial charge in [0, 0.05) is 13.0 Å². The maximum absolute atomic E-state index is 6.06. The van der Waals surface area contributed by atoms with Crippen LogP contribution in [-0.2, 0) is 0 Å². The van der Waals surface area contributed by atoms with Crippen LogP contribution in [0.1, 0.15) is 41.3 Å². The molecule has 0 amide bonds. The summed E-state index contributed by atoms with van der Waals surface area (Å²) >= 11 is 0. The molecular formula is C17H21N3O. The molecule has 110 valence electrons. The largest absolute Gasteiger partial charge is 0.438 e. The third-order valence-electron chi connectivity index (χ3n) is 3.83. The van der Waals surface area contributed by atoms with E-state index in [-0.39, 0.29) is 0 Å². The van der Waals surface area contributed by atoms with Gasteiger partial charge in [0.15, 0.2) is 0 Å². The van der Waals surface area contributed by atoms with Crippen molar-refractivity contribution < 1.29 is 4.74 Å². The monoisotopic (exact) mass is 283 g/mol. The van der Waals surface area contributed by atoms with E-state index in [9.17, 15) is 0 Å². The Hall–Kier alpha value is -2.10. The lowest BCUT2D eigenvalue weighted by Crippen LogP contribution is -2.05. The van der Waals surface area contributed by atoms with Gasteiger partial charge < -0.3 is 10.1 Å². The van der Waals surface area contributed by atoms with Gasteiger partial charge in [-0.15, -0.1) is 0 Å². The molecule has 1 saturated carbocycles. The predicted octanol–water partition coefficient (Wildman–Crippen LogP) is 4.11. The Balaban J connectivity index is 1.98. The molecule has 0 radical (unpaired) electrons. The normalized spacial score (nSPS) is 14.1. The van der Waals surface area contributed by atoms with E-state index in [2.05, 4.69) is 41.3 Å². The highest BCUT2D eigenvalue weighted by atomic mass is 16.5. The molecule has 0 aliphatic heterocycles. The van der Waals surface area contributed by atoms with Crippen LogP contribution in [0, 0.1) is 20.8 Å². The van der Waals surface area contributed by atoms with Gasteiger partial charge in [0.05, 0.1) is 5.56 Å². The molecule has 3 rings (SSSR count). The summed E-state index contributed by atoms with van der Waals surface area (Å²) in [5.74, 6) is 3.75. The molecule has 1 aromatic carbocycles. The van der Waals surface area contributed by atoms with Crippen LogP contribution < -0.4 is 10.1 Å². The molecule has 4 nitrogen and oxygen atoms in total. The molecule has 2 aromatic rings. The highest BCUT2D eigenvalue weighted by Gasteiger charge is 2.28. The Bertz CT molecular complexity index is 678. The molecule has 0 atom stereocenters. The molecule has 1 N–H and O–H groups in total. The third-order valence-corrected chi connectivity index (χ3v) is 3.83. The van der Waals surface area contributed by atoms with Crippen molar-refractivity contribution in [3.8, 4) is 11.6 Å². The van der Waals surface area contributed by atoms with Crippen molar-refractivity contribution in [2.45, 2.75) is 39.5 Å². The van der Waals surface area contributed by atoms with Gasteiger partial charge in [-0.2, -0.15) is 4.98 Å². The zero-order valence-corrected chi connectivity index (χ0v) is 13.0. The Morgan fingerprint density at radius 2 is 1.90 bits per heavy atom. The van der Waals surface area contributed by atoms with Crippen molar-refractivity contribution in [2.75, 3.05) is 12.4 Å². The Kier molecular flexibility index (Phi) is 3.53. The van der Waals surface area contributed by atoms with Crippen molar-refractivity contribution in [3.05, 3.63) is 40.7 Å². The zero-order chi connectivity index (χ0) is 15.0. The van der Waals surface area contributed by atoms with Gasteiger partial charge in [-0.1, -0.05) is 17.7 Å². The van der Waals surface area contributed by atoms with Gasteiger partial charge in [0.2, 0.25) is 5.88 Å². The lowest BCUT2D eigenvalue weighted by atomic mass is 10.1. The quantitative estimate of drug-likeness (QED) is 0.917. The second-order valence-corrected chi connectivity index (χ2v) is 5.76. The minimum absolute atomic E-state index is 0.499. The average molecular weight is 283 g/mol. The highest BCUT2D eigenvalue weighted by Crippen LogP contribution is 2.40. The number of hydrogen-bond acceptors (Lipinski definition) is 4. The number of nitrogens with one attached hydrogen (secondary N) is 1. The van der Waals surface area contributed by atoms with Gasteiger partial charge in [0.25, 0.3) is 0 Å². The third kappa shape index (κ3) is 2.84. The van der Waals surface area contributed by atoms with Crippen molar-refractivity contribution in [1.82, 2.24) is 9.97 Å². The fourth-order valence-electron chi connectivity index (χ4n) is 2.40. The number of benzene rings is 1. The second-order valence-electron chi connectivity index (χ2n) is 5.76. The summed E-state index contributed by atoms with van der Waals surface area (Å²) in [6, 6.07) is 6.17. The molecule has 0 bridgehead atoms. The average Bonchev–Trinajstić information content (AvgIpc) is 3.28. The van der Waals surface area contributed by atoms with Crippen molar-refractivity contribution in [2.24, 2.45) is 0 Å². The summed E-state index contributed by atoms with van der Waals surface area (Å²) in [6.07, 6.45) is 2.35.